The highest BCUT2D eigenvalue weighted by molar-refractivity contribution is 8.14. The largest absolute Gasteiger partial charge is 0.377 e. The molecule has 0 saturated heterocycles. The van der Waals surface area contributed by atoms with Crippen LogP contribution in [0, 0.1) is 0 Å². The molecular weight excluding hydrogens is 176 g/mol. The highest BCUT2D eigenvalue weighted by Crippen LogP contribution is 2.00. The minimum Gasteiger partial charge on any atom is -0.377 e. The first-order valence-electron chi connectivity index (χ1n) is 3.52. The second kappa shape index (κ2) is 5.70. The van der Waals surface area contributed by atoms with E-state index in [0.717, 1.165) is 11.8 Å². The van der Waals surface area contributed by atoms with Gasteiger partial charge in [-0.3, -0.25) is 4.79 Å². The molecule has 0 bridgehead atoms. The van der Waals surface area contributed by atoms with Gasteiger partial charge in [-0.1, -0.05) is 11.8 Å². The Morgan fingerprint density at radius 3 is 2.67 bits per heavy atom. The molecule has 0 rings (SSSR count). The molecule has 0 unspecified atom stereocenters. The van der Waals surface area contributed by atoms with Gasteiger partial charge in [-0.15, -0.1) is 0 Å². The molecule has 0 spiro atoms. The fourth-order valence-corrected chi connectivity index (χ4v) is 1.03. The molecule has 0 aromatic heterocycles. The van der Waals surface area contributed by atoms with Crippen LogP contribution in [0.3, 0.4) is 0 Å². The van der Waals surface area contributed by atoms with Crippen LogP contribution in [0.15, 0.2) is 5.10 Å². The first-order valence-corrected chi connectivity index (χ1v) is 4.50. The number of hydrogen-bond acceptors (Lipinski definition) is 4. The number of rotatable bonds is 3. The summed E-state index contributed by atoms with van der Waals surface area (Å²) in [7, 11) is 1.73. The van der Waals surface area contributed by atoms with Gasteiger partial charge in [0.25, 0.3) is 0 Å². The van der Waals surface area contributed by atoms with Gasteiger partial charge in [-0.05, 0) is 6.92 Å². The predicted molar refractivity (Wildman–Crippen MR) is 51.6 cm³/mol. The van der Waals surface area contributed by atoms with Crippen LogP contribution < -0.4 is 11.6 Å². The number of nitrogens with zero attached hydrogens (tertiary/aromatic N) is 2. The summed E-state index contributed by atoms with van der Waals surface area (Å²) >= 11 is 1.14. The summed E-state index contributed by atoms with van der Waals surface area (Å²) in [6.45, 7) is 2.60. The zero-order valence-electron chi connectivity index (χ0n) is 7.28. The van der Waals surface area contributed by atoms with Gasteiger partial charge in [0.05, 0.1) is 5.75 Å². The molecule has 6 heteroatoms. The Morgan fingerprint density at radius 2 is 2.25 bits per heavy atom. The molecule has 70 valence electrons. The van der Waals surface area contributed by atoms with Gasteiger partial charge in [0, 0.05) is 13.6 Å². The van der Waals surface area contributed by atoms with E-state index < -0.39 is 0 Å². The van der Waals surface area contributed by atoms with Gasteiger partial charge in [-0.25, -0.2) is 0 Å². The third-order valence-corrected chi connectivity index (χ3v) is 2.16. The summed E-state index contributed by atoms with van der Waals surface area (Å²) in [5.74, 6) is 5.19. The van der Waals surface area contributed by atoms with E-state index in [-0.39, 0.29) is 16.8 Å². The van der Waals surface area contributed by atoms with Crippen molar-refractivity contribution in [1.82, 2.24) is 4.90 Å². The smallest absolute Gasteiger partial charge is 0.232 e. The number of amidine groups is 1. The number of hydrazone groups is 1. The van der Waals surface area contributed by atoms with Crippen molar-refractivity contribution in [2.75, 3.05) is 19.3 Å². The van der Waals surface area contributed by atoms with E-state index >= 15 is 0 Å². The Hall–Kier alpha value is -0.910. The van der Waals surface area contributed by atoms with E-state index in [2.05, 4.69) is 5.10 Å². The van der Waals surface area contributed by atoms with Crippen LogP contribution in [-0.4, -0.2) is 35.3 Å². The molecule has 0 radical (unpaired) electrons. The van der Waals surface area contributed by atoms with Gasteiger partial charge in [0.1, 0.15) is 0 Å². The summed E-state index contributed by atoms with van der Waals surface area (Å²) in [5, 5.41) is 3.46. The third-order valence-electron chi connectivity index (χ3n) is 1.37. The maximum atomic E-state index is 11.1. The summed E-state index contributed by atoms with van der Waals surface area (Å²) < 4.78 is 0. The van der Waals surface area contributed by atoms with Crippen LogP contribution in [-0.2, 0) is 4.79 Å². The second-order valence-corrected chi connectivity index (χ2v) is 3.16. The van der Waals surface area contributed by atoms with Crippen LogP contribution in [0.5, 0.6) is 0 Å². The first-order chi connectivity index (χ1) is 5.61. The van der Waals surface area contributed by atoms with E-state index in [1.54, 1.807) is 11.9 Å². The fraction of sp³-hybridized carbons (Fsp3) is 0.667. The molecular formula is C6H14N4OS. The molecule has 0 atom stereocenters. The summed E-state index contributed by atoms with van der Waals surface area (Å²) in [6.07, 6.45) is 0. The van der Waals surface area contributed by atoms with Crippen LogP contribution in [0.25, 0.3) is 0 Å². The summed E-state index contributed by atoms with van der Waals surface area (Å²) in [4.78, 5) is 12.8. The molecule has 1 amide bonds. The van der Waals surface area contributed by atoms with E-state index in [1.807, 2.05) is 6.92 Å². The van der Waals surface area contributed by atoms with Gasteiger partial charge in [0.15, 0.2) is 5.17 Å². The second-order valence-electron chi connectivity index (χ2n) is 2.16. The molecule has 0 aromatic carbocycles. The molecule has 0 aliphatic heterocycles. The molecule has 0 aliphatic rings. The van der Waals surface area contributed by atoms with Gasteiger partial charge in [-0.2, -0.15) is 5.10 Å². The van der Waals surface area contributed by atoms with Crippen LogP contribution in [0.4, 0.5) is 0 Å². The van der Waals surface area contributed by atoms with E-state index in [9.17, 15) is 4.79 Å². The minimum atomic E-state index is 0.0223. The summed E-state index contributed by atoms with van der Waals surface area (Å²) in [6, 6.07) is 0. The Kier molecular flexibility index (Phi) is 5.27. The molecule has 12 heavy (non-hydrogen) atoms. The molecule has 0 aliphatic carbocycles. The van der Waals surface area contributed by atoms with Crippen molar-refractivity contribution < 1.29 is 4.79 Å². The predicted octanol–water partition coefficient (Wildman–Crippen LogP) is -0.614. The fourth-order valence-electron chi connectivity index (χ4n) is 0.459. The molecule has 0 fully saturated rings. The van der Waals surface area contributed by atoms with Crippen LogP contribution >= 0.6 is 11.8 Å². The first kappa shape index (κ1) is 11.1. The third kappa shape index (κ3) is 4.07. The topological polar surface area (TPSA) is 84.7 Å². The molecule has 0 aromatic rings. The number of amides is 1. The number of carbonyl (C=O) groups excluding carboxylic acids is 1. The van der Waals surface area contributed by atoms with Crippen molar-refractivity contribution >= 4 is 22.8 Å². The van der Waals surface area contributed by atoms with Crippen molar-refractivity contribution in [3.63, 3.8) is 0 Å². The Balaban J connectivity index is 3.72. The highest BCUT2D eigenvalue weighted by atomic mass is 32.2. The quantitative estimate of drug-likeness (QED) is 0.269. The molecule has 0 saturated carbocycles. The Labute approximate surface area is 76.2 Å². The lowest BCUT2D eigenvalue weighted by Gasteiger charge is -2.13. The lowest BCUT2D eigenvalue weighted by atomic mass is 10.5. The number of carbonyl (C=O) groups is 1. The monoisotopic (exact) mass is 190 g/mol. The maximum absolute atomic E-state index is 11.1. The van der Waals surface area contributed by atoms with E-state index in [4.69, 9.17) is 11.6 Å². The Morgan fingerprint density at radius 1 is 1.67 bits per heavy atom. The number of hydrogen-bond donors (Lipinski definition) is 2. The average molecular weight is 190 g/mol. The van der Waals surface area contributed by atoms with Crippen LogP contribution in [0.1, 0.15) is 6.92 Å². The van der Waals surface area contributed by atoms with E-state index in [0.29, 0.717) is 6.54 Å². The van der Waals surface area contributed by atoms with Gasteiger partial charge < -0.3 is 16.5 Å². The van der Waals surface area contributed by atoms with Crippen molar-refractivity contribution in [2.24, 2.45) is 16.7 Å². The van der Waals surface area contributed by atoms with E-state index in [1.165, 1.54) is 0 Å². The number of nitrogens with two attached hydrogens (primary N) is 2. The summed E-state index contributed by atoms with van der Waals surface area (Å²) in [5.41, 5.74) is 5.28. The lowest BCUT2D eigenvalue weighted by molar-refractivity contribution is -0.126. The molecule has 0 heterocycles. The minimum absolute atomic E-state index is 0.0223. The average Bonchev–Trinajstić information content (AvgIpc) is 2.11. The molecule has 4 N–H and O–H groups in total. The van der Waals surface area contributed by atoms with Gasteiger partial charge in [0.2, 0.25) is 5.91 Å². The molecule has 5 nitrogen and oxygen atoms in total. The lowest BCUT2D eigenvalue weighted by Crippen LogP contribution is -2.29. The highest BCUT2D eigenvalue weighted by Gasteiger charge is 2.06. The normalized spacial score (nSPS) is 11.3. The van der Waals surface area contributed by atoms with Gasteiger partial charge >= 0.3 is 0 Å². The SMILES string of the molecule is CCN(C)C(=O)CSC(N)=NN. The zero-order valence-corrected chi connectivity index (χ0v) is 8.10. The zero-order chi connectivity index (χ0) is 9.56. The van der Waals surface area contributed by atoms with Crippen molar-refractivity contribution in [3.8, 4) is 0 Å². The van der Waals surface area contributed by atoms with Crippen LogP contribution in [0.2, 0.25) is 0 Å². The maximum Gasteiger partial charge on any atom is 0.232 e. The standard InChI is InChI=1S/C6H14N4OS/c1-3-10(2)5(11)4-12-6(7)9-8/h3-4,8H2,1-2H3,(H2,7,9). The Bertz CT molecular complexity index is 182. The van der Waals surface area contributed by atoms with Crippen molar-refractivity contribution in [2.45, 2.75) is 6.92 Å². The number of thioether (sulfide) groups is 1. The van der Waals surface area contributed by atoms with Crippen molar-refractivity contribution in [1.29, 1.82) is 0 Å². The van der Waals surface area contributed by atoms with Crippen molar-refractivity contribution in [3.05, 3.63) is 0 Å².